The summed E-state index contributed by atoms with van der Waals surface area (Å²) in [6.07, 6.45) is -1.96. The Balaban J connectivity index is 0.000000343. The third-order valence-corrected chi connectivity index (χ3v) is 14.2. The summed E-state index contributed by atoms with van der Waals surface area (Å²) in [6.45, 7) is 16.1. The van der Waals surface area contributed by atoms with Crippen LogP contribution in [0.4, 0.5) is 0 Å². The second-order valence-electron chi connectivity index (χ2n) is 23.3. The van der Waals surface area contributed by atoms with E-state index in [0.717, 1.165) is 21.8 Å². The topological polar surface area (TPSA) is 357 Å². The van der Waals surface area contributed by atoms with Crippen molar-refractivity contribution in [1.82, 2.24) is 20.2 Å². The predicted molar refractivity (Wildman–Crippen MR) is 328 cm³/mol. The van der Waals surface area contributed by atoms with Crippen molar-refractivity contribution in [3.63, 3.8) is 0 Å². The third kappa shape index (κ3) is 21.6. The molecule has 1 unspecified atom stereocenters. The number of carbonyl (C=O) groups is 11. The van der Waals surface area contributed by atoms with E-state index in [2.05, 4.69) is 15.6 Å². The number of ether oxygens (including phenoxy) is 12. The summed E-state index contributed by atoms with van der Waals surface area (Å²) < 4.78 is 66.3. The van der Waals surface area contributed by atoms with Gasteiger partial charge in [-0.3, -0.25) is 47.9 Å². The second-order valence-corrected chi connectivity index (χ2v) is 23.3. The molecule has 2 saturated heterocycles. The largest absolute Gasteiger partial charge is 0.493 e. The number of cyclic esters (lactones) is 4. The molecule has 2 N–H and O–H groups in total. The van der Waals surface area contributed by atoms with E-state index in [-0.39, 0.29) is 30.0 Å². The Kier molecular flexibility index (Phi) is 28.5. The average molecular weight is 1320 g/mol. The van der Waals surface area contributed by atoms with Crippen LogP contribution in [0.1, 0.15) is 115 Å². The van der Waals surface area contributed by atoms with E-state index in [4.69, 9.17) is 56.8 Å². The quantitative estimate of drug-likeness (QED) is 0.0517. The lowest BCUT2D eigenvalue weighted by Gasteiger charge is -2.29. The Labute approximate surface area is 543 Å². The highest BCUT2D eigenvalue weighted by Gasteiger charge is 2.45. The molecule has 0 aliphatic carbocycles. The lowest BCUT2D eigenvalue weighted by molar-refractivity contribution is -0.176. The fourth-order valence-corrected chi connectivity index (χ4v) is 8.81. The number of aromatic nitrogens is 2. The molecule has 510 valence electrons. The number of nitrogens with one attached hydrogen (secondary N) is 2. The van der Waals surface area contributed by atoms with Crippen LogP contribution < -0.4 is 30.3 Å². The summed E-state index contributed by atoms with van der Waals surface area (Å²) in [4.78, 5) is 159. The van der Waals surface area contributed by atoms with Gasteiger partial charge in [0.2, 0.25) is 19.0 Å². The Morgan fingerprint density at radius 1 is 0.532 bits per heavy atom. The fraction of sp³-hybridized carbons (Fsp3) is 0.500. The highest BCUT2D eigenvalue weighted by Crippen LogP contribution is 2.31. The maximum Gasteiger partial charge on any atom is 0.332 e. The molecule has 0 spiro atoms. The standard InChI is InChI=1S/C35H44N2O13.C31H38N2O11/c1-19(2)31(40)46-17-37-14-13-26(38)29(47-18-48-32(41)20(3)4)27(37)30(39)36-25-16-45-34(43)24(15-23-11-9-8-10-12-23)28(22(7)49-35(25)44)50-33(42)21(5)6;1-17(2)28(35)42-16-41-26-23(39-6)12-13-32-24(26)27(34)33-22-15-40-30(37)21(14-20-10-8-7-9-11-20)25(19(5)43-31(22)38)44-29(36)18(3)4/h8-14,19-22,24-25,28H,15-18H2,1-7H3,(H,36,39);7-13,17-19,21-22,25H,14-16H2,1-6H3,(H,33,34)/t22-,24+,25-,28-;19-,21+,22?,25-/m00/s1. The maximum atomic E-state index is 13.9. The van der Waals surface area contributed by atoms with E-state index in [1.807, 2.05) is 18.2 Å². The molecule has 4 heterocycles. The Morgan fingerprint density at radius 3 is 1.37 bits per heavy atom. The van der Waals surface area contributed by atoms with Crippen LogP contribution in [0.15, 0.2) is 90.0 Å². The average Bonchev–Trinajstić information content (AvgIpc) is 1.06. The van der Waals surface area contributed by atoms with Gasteiger partial charge in [0.1, 0.15) is 37.3 Å². The molecule has 28 nitrogen and oxygen atoms in total. The molecule has 6 rings (SSSR count). The zero-order valence-corrected chi connectivity index (χ0v) is 54.7. The van der Waals surface area contributed by atoms with Crippen LogP contribution in [-0.2, 0) is 105 Å². The number of carbonyl (C=O) groups excluding carboxylic acids is 11. The molecule has 0 radical (unpaired) electrons. The van der Waals surface area contributed by atoms with Crippen molar-refractivity contribution in [2.75, 3.05) is 33.9 Å². The predicted octanol–water partition coefficient (Wildman–Crippen LogP) is 5.19. The molecule has 94 heavy (non-hydrogen) atoms. The van der Waals surface area contributed by atoms with Crippen molar-refractivity contribution in [1.29, 1.82) is 0 Å². The van der Waals surface area contributed by atoms with E-state index >= 15 is 0 Å². The summed E-state index contributed by atoms with van der Waals surface area (Å²) in [5, 5.41) is 4.87. The van der Waals surface area contributed by atoms with Gasteiger partial charge < -0.3 is 72.0 Å². The first-order valence-electron chi connectivity index (χ1n) is 30.4. The minimum atomic E-state index is -1.61. The van der Waals surface area contributed by atoms with Crippen molar-refractivity contribution < 1.29 is 110 Å². The number of hydrogen-bond acceptors (Lipinski definition) is 25. The summed E-state index contributed by atoms with van der Waals surface area (Å²) in [7, 11) is 1.34. The molecule has 2 aliphatic heterocycles. The number of pyridine rings is 2. The van der Waals surface area contributed by atoms with Crippen LogP contribution in [0.2, 0.25) is 0 Å². The first kappa shape index (κ1) is 74.8. The lowest BCUT2D eigenvalue weighted by atomic mass is 9.91. The van der Waals surface area contributed by atoms with Gasteiger partial charge in [-0.2, -0.15) is 0 Å². The van der Waals surface area contributed by atoms with Gasteiger partial charge in [0.05, 0.1) is 36.7 Å². The minimum Gasteiger partial charge on any atom is -0.493 e. The number of methoxy groups -OCH3 is 1. The van der Waals surface area contributed by atoms with Crippen LogP contribution in [0, 0.1) is 41.4 Å². The monoisotopic (exact) mass is 1310 g/mol. The number of amides is 2. The van der Waals surface area contributed by atoms with Gasteiger partial charge in [-0.1, -0.05) is 130 Å². The van der Waals surface area contributed by atoms with Crippen LogP contribution in [0.5, 0.6) is 17.2 Å². The van der Waals surface area contributed by atoms with E-state index in [9.17, 15) is 57.5 Å². The first-order valence-corrected chi connectivity index (χ1v) is 30.4. The van der Waals surface area contributed by atoms with E-state index in [1.165, 1.54) is 39.4 Å². The number of rotatable bonds is 24. The zero-order chi connectivity index (χ0) is 69.5. The Hall–Kier alpha value is -9.89. The molecular formula is C66H82N4O24. The molecule has 28 heteroatoms. The van der Waals surface area contributed by atoms with Crippen LogP contribution in [-0.4, -0.2) is 145 Å². The highest BCUT2D eigenvalue weighted by atomic mass is 16.7. The third-order valence-electron chi connectivity index (χ3n) is 14.2. The van der Waals surface area contributed by atoms with Gasteiger partial charge in [-0.25, -0.2) is 14.6 Å². The van der Waals surface area contributed by atoms with Crippen molar-refractivity contribution >= 4 is 65.5 Å². The highest BCUT2D eigenvalue weighted by molar-refractivity contribution is 5.99. The number of esters is 9. The van der Waals surface area contributed by atoms with Gasteiger partial charge in [0.15, 0.2) is 59.7 Å². The SMILES string of the molecule is CC(C)C(=O)OCOc1c(C(=O)N[C@H]2COC(=O)[C@H](Cc3ccccc3)[C@@H](OC(=O)C(C)C)[C@H](C)OC2=O)n(COC(=O)C(C)C)ccc1=O.COc1ccnc(C(=O)NC2COC(=O)[C@H](Cc3ccccc3)[C@@H](OC(=O)C(C)C)[C@H](C)OC2=O)c1OCOC(=O)C(C)C. The zero-order valence-electron chi connectivity index (χ0n) is 54.7. The van der Waals surface area contributed by atoms with Crippen LogP contribution in [0.3, 0.4) is 0 Å². The van der Waals surface area contributed by atoms with Crippen LogP contribution >= 0.6 is 0 Å². The molecule has 2 aromatic carbocycles. The van der Waals surface area contributed by atoms with E-state index in [0.29, 0.717) is 0 Å². The summed E-state index contributed by atoms with van der Waals surface area (Å²) in [6, 6.07) is 17.4. The van der Waals surface area contributed by atoms with Gasteiger partial charge in [0.25, 0.3) is 11.8 Å². The van der Waals surface area contributed by atoms with Gasteiger partial charge in [0, 0.05) is 24.5 Å². The van der Waals surface area contributed by atoms with Gasteiger partial charge in [-0.05, 0) is 37.8 Å². The van der Waals surface area contributed by atoms with Gasteiger partial charge >= 0.3 is 53.7 Å². The second kappa shape index (κ2) is 35.8. The normalized spacial score (nSPS) is 19.9. The molecule has 4 aromatic rings. The Bertz CT molecular complexity index is 3370. The van der Waals surface area contributed by atoms with E-state index < -0.39 is 194 Å². The first-order chi connectivity index (χ1) is 44.5. The summed E-state index contributed by atoms with van der Waals surface area (Å²) in [5.41, 5.74) is -0.0687. The number of nitrogens with zero attached hydrogens (tertiary/aromatic N) is 2. The maximum absolute atomic E-state index is 13.9. The number of benzene rings is 2. The summed E-state index contributed by atoms with van der Waals surface area (Å²) >= 11 is 0. The van der Waals surface area contributed by atoms with Crippen molar-refractivity contribution in [3.05, 3.63) is 118 Å². The molecule has 2 aromatic heterocycles. The molecule has 2 fully saturated rings. The smallest absolute Gasteiger partial charge is 0.332 e. The van der Waals surface area contributed by atoms with Crippen LogP contribution in [0.25, 0.3) is 0 Å². The van der Waals surface area contributed by atoms with Gasteiger partial charge in [-0.15, -0.1) is 0 Å². The lowest BCUT2D eigenvalue weighted by Crippen LogP contribution is -2.47. The fourth-order valence-electron chi connectivity index (χ4n) is 8.81. The molecule has 0 bridgehead atoms. The molecular weight excluding hydrogens is 1230 g/mol. The molecule has 8 atom stereocenters. The number of hydrogen-bond donors (Lipinski definition) is 2. The van der Waals surface area contributed by atoms with E-state index in [1.54, 1.807) is 112 Å². The molecule has 2 aliphatic rings. The van der Waals surface area contributed by atoms with Crippen molar-refractivity contribution in [3.8, 4) is 17.2 Å². The van der Waals surface area contributed by atoms with Crippen molar-refractivity contribution in [2.24, 2.45) is 41.4 Å². The molecule has 2 amide bonds. The minimum absolute atomic E-state index is 0.0854. The Morgan fingerprint density at radius 2 is 0.947 bits per heavy atom. The molecule has 0 saturated carbocycles. The van der Waals surface area contributed by atoms with Crippen molar-refractivity contribution in [2.45, 2.75) is 139 Å². The summed E-state index contributed by atoms with van der Waals surface area (Å²) in [5.74, 6) is -13.6.